The molecule has 1 amide bonds. The zero-order valence-corrected chi connectivity index (χ0v) is 11.9. The number of nitrogens with zero attached hydrogens (tertiary/aromatic N) is 1. The average Bonchev–Trinajstić information content (AvgIpc) is 2.46. The van der Waals surface area contributed by atoms with Gasteiger partial charge in [-0.2, -0.15) is 0 Å². The number of carbonyl (C=O) groups excluding carboxylic acids is 1. The van der Waals surface area contributed by atoms with Crippen LogP contribution < -0.4 is 0 Å². The molecule has 20 heavy (non-hydrogen) atoms. The predicted molar refractivity (Wildman–Crippen MR) is 78.9 cm³/mol. The van der Waals surface area contributed by atoms with Gasteiger partial charge in [-0.15, -0.1) is 0 Å². The van der Waals surface area contributed by atoms with Crippen molar-refractivity contribution < 1.29 is 9.18 Å². The van der Waals surface area contributed by atoms with Crippen molar-refractivity contribution in [3.8, 4) is 11.1 Å². The third-order valence-corrected chi connectivity index (χ3v) is 3.39. The molecule has 1 atom stereocenters. The Morgan fingerprint density at radius 1 is 1.10 bits per heavy atom. The lowest BCUT2D eigenvalue weighted by Crippen LogP contribution is -2.26. The van der Waals surface area contributed by atoms with Crippen LogP contribution in [0, 0.1) is 5.82 Å². The van der Waals surface area contributed by atoms with Gasteiger partial charge >= 0.3 is 0 Å². The minimum atomic E-state index is -0.343. The second-order valence-corrected chi connectivity index (χ2v) is 5.06. The number of hydrogen-bond acceptors (Lipinski definition) is 1. The smallest absolute Gasteiger partial charge is 0.229 e. The van der Waals surface area contributed by atoms with E-state index in [2.05, 4.69) is 0 Å². The summed E-state index contributed by atoms with van der Waals surface area (Å²) in [5.74, 6) is -0.673. The molecule has 0 saturated heterocycles. The quantitative estimate of drug-likeness (QED) is 0.833. The largest absolute Gasteiger partial charge is 0.348 e. The third kappa shape index (κ3) is 2.87. The SMILES string of the molecule is C[C@@H](C(=O)N(C)C)c1ccc(-c2ccccc2)c(F)c1. The first-order valence-electron chi connectivity index (χ1n) is 6.56. The third-order valence-electron chi connectivity index (χ3n) is 3.39. The van der Waals surface area contributed by atoms with Crippen molar-refractivity contribution in [3.63, 3.8) is 0 Å². The molecule has 0 bridgehead atoms. The molecule has 104 valence electrons. The summed E-state index contributed by atoms with van der Waals surface area (Å²) >= 11 is 0. The van der Waals surface area contributed by atoms with Crippen molar-refractivity contribution >= 4 is 5.91 Å². The van der Waals surface area contributed by atoms with Crippen LogP contribution in [-0.2, 0) is 4.79 Å². The molecule has 0 aliphatic heterocycles. The average molecular weight is 271 g/mol. The lowest BCUT2D eigenvalue weighted by Gasteiger charge is -2.17. The maximum atomic E-state index is 14.2. The monoisotopic (exact) mass is 271 g/mol. The Balaban J connectivity index is 2.33. The summed E-state index contributed by atoms with van der Waals surface area (Å²) in [6.45, 7) is 1.79. The lowest BCUT2D eigenvalue weighted by molar-refractivity contribution is -0.129. The fraction of sp³-hybridized carbons (Fsp3) is 0.235. The molecule has 0 aliphatic carbocycles. The van der Waals surface area contributed by atoms with E-state index in [1.165, 1.54) is 11.0 Å². The molecule has 2 rings (SSSR count). The lowest BCUT2D eigenvalue weighted by atomic mass is 9.96. The van der Waals surface area contributed by atoms with E-state index in [0.29, 0.717) is 11.1 Å². The van der Waals surface area contributed by atoms with Crippen LogP contribution in [0.4, 0.5) is 4.39 Å². The van der Waals surface area contributed by atoms with Gasteiger partial charge in [0, 0.05) is 19.7 Å². The van der Waals surface area contributed by atoms with Crippen LogP contribution in [0.25, 0.3) is 11.1 Å². The van der Waals surface area contributed by atoms with E-state index < -0.39 is 0 Å². The number of halogens is 1. The molecule has 0 fully saturated rings. The van der Waals surface area contributed by atoms with E-state index in [4.69, 9.17) is 0 Å². The summed E-state index contributed by atoms with van der Waals surface area (Å²) < 4.78 is 14.2. The highest BCUT2D eigenvalue weighted by atomic mass is 19.1. The normalized spacial score (nSPS) is 12.0. The highest BCUT2D eigenvalue weighted by Gasteiger charge is 2.18. The Labute approximate surface area is 118 Å². The molecular weight excluding hydrogens is 253 g/mol. The molecule has 0 radical (unpaired) electrons. The number of carbonyl (C=O) groups is 1. The molecule has 2 aromatic rings. The molecule has 0 N–H and O–H groups in total. The molecule has 0 unspecified atom stereocenters. The Morgan fingerprint density at radius 2 is 1.75 bits per heavy atom. The minimum Gasteiger partial charge on any atom is -0.348 e. The topological polar surface area (TPSA) is 20.3 Å². The standard InChI is InChI=1S/C17H18FNO/c1-12(17(20)19(2)3)14-9-10-15(16(18)11-14)13-7-5-4-6-8-13/h4-12H,1-3H3/t12-/m1/s1. The second-order valence-electron chi connectivity index (χ2n) is 5.06. The van der Waals surface area contributed by atoms with Crippen LogP contribution in [0.3, 0.4) is 0 Å². The van der Waals surface area contributed by atoms with Gasteiger partial charge in [0.15, 0.2) is 0 Å². The summed E-state index contributed by atoms with van der Waals surface area (Å²) in [4.78, 5) is 13.4. The fourth-order valence-corrected chi connectivity index (χ4v) is 2.18. The molecule has 0 spiro atoms. The van der Waals surface area contributed by atoms with Crippen molar-refractivity contribution in [2.45, 2.75) is 12.8 Å². The van der Waals surface area contributed by atoms with Crippen LogP contribution in [0.5, 0.6) is 0 Å². The van der Waals surface area contributed by atoms with Crippen LogP contribution >= 0.6 is 0 Å². The highest BCUT2D eigenvalue weighted by molar-refractivity contribution is 5.83. The Kier molecular flexibility index (Phi) is 4.18. The number of benzene rings is 2. The first kappa shape index (κ1) is 14.3. The van der Waals surface area contributed by atoms with E-state index in [-0.39, 0.29) is 17.6 Å². The Morgan fingerprint density at radius 3 is 2.30 bits per heavy atom. The predicted octanol–water partition coefficient (Wildman–Crippen LogP) is 3.68. The number of hydrogen-bond donors (Lipinski definition) is 0. The highest BCUT2D eigenvalue weighted by Crippen LogP contribution is 2.26. The molecule has 0 heterocycles. The minimum absolute atomic E-state index is 0.0307. The molecule has 0 aliphatic rings. The van der Waals surface area contributed by atoms with Crippen molar-refractivity contribution in [1.82, 2.24) is 4.90 Å². The van der Waals surface area contributed by atoms with E-state index in [1.54, 1.807) is 27.1 Å². The Hall–Kier alpha value is -2.16. The zero-order valence-electron chi connectivity index (χ0n) is 11.9. The van der Waals surface area contributed by atoms with Gasteiger partial charge in [0.2, 0.25) is 5.91 Å². The molecular formula is C17H18FNO. The van der Waals surface area contributed by atoms with Gasteiger partial charge in [0.05, 0.1) is 5.92 Å². The van der Waals surface area contributed by atoms with Gasteiger partial charge in [-0.3, -0.25) is 4.79 Å². The van der Waals surface area contributed by atoms with E-state index in [1.807, 2.05) is 36.4 Å². The van der Waals surface area contributed by atoms with Gasteiger partial charge in [0.25, 0.3) is 0 Å². The van der Waals surface area contributed by atoms with Gasteiger partial charge in [-0.25, -0.2) is 4.39 Å². The van der Waals surface area contributed by atoms with Gasteiger partial charge in [-0.05, 0) is 24.1 Å². The van der Waals surface area contributed by atoms with Crippen LogP contribution in [-0.4, -0.2) is 24.9 Å². The molecule has 0 aromatic heterocycles. The Bertz CT molecular complexity index is 608. The summed E-state index contributed by atoms with van der Waals surface area (Å²) in [5.41, 5.74) is 2.09. The second kappa shape index (κ2) is 5.87. The van der Waals surface area contributed by atoms with E-state index in [9.17, 15) is 9.18 Å². The summed E-state index contributed by atoms with van der Waals surface area (Å²) in [7, 11) is 3.40. The van der Waals surface area contributed by atoms with E-state index >= 15 is 0 Å². The van der Waals surface area contributed by atoms with Crippen LogP contribution in [0.1, 0.15) is 18.4 Å². The number of amides is 1. The van der Waals surface area contributed by atoms with Crippen molar-refractivity contribution in [2.24, 2.45) is 0 Å². The fourth-order valence-electron chi connectivity index (χ4n) is 2.18. The van der Waals surface area contributed by atoms with E-state index in [0.717, 1.165) is 5.56 Å². The molecule has 2 aromatic carbocycles. The van der Waals surface area contributed by atoms with Crippen molar-refractivity contribution in [3.05, 3.63) is 59.9 Å². The molecule has 2 nitrogen and oxygen atoms in total. The van der Waals surface area contributed by atoms with Gasteiger partial charge in [0.1, 0.15) is 5.82 Å². The van der Waals surface area contributed by atoms with Crippen LogP contribution in [0.15, 0.2) is 48.5 Å². The first-order valence-corrected chi connectivity index (χ1v) is 6.56. The maximum Gasteiger partial charge on any atom is 0.229 e. The van der Waals surface area contributed by atoms with Crippen LogP contribution in [0.2, 0.25) is 0 Å². The van der Waals surface area contributed by atoms with Crippen molar-refractivity contribution in [2.75, 3.05) is 14.1 Å². The summed E-state index contributed by atoms with van der Waals surface area (Å²) in [5, 5.41) is 0. The summed E-state index contributed by atoms with van der Waals surface area (Å²) in [6, 6.07) is 14.4. The zero-order chi connectivity index (χ0) is 14.7. The maximum absolute atomic E-state index is 14.2. The van der Waals surface area contributed by atoms with Gasteiger partial charge < -0.3 is 4.90 Å². The first-order chi connectivity index (χ1) is 9.50. The van der Waals surface area contributed by atoms with Crippen molar-refractivity contribution in [1.29, 1.82) is 0 Å². The summed E-state index contributed by atoms with van der Waals surface area (Å²) in [6.07, 6.45) is 0. The number of rotatable bonds is 3. The molecule has 0 saturated carbocycles. The number of likely N-dealkylation sites (N-methyl/N-ethyl adjacent to an activating group) is 1. The molecule has 3 heteroatoms. The van der Waals surface area contributed by atoms with Gasteiger partial charge in [-0.1, -0.05) is 42.5 Å².